The van der Waals surface area contributed by atoms with Crippen LogP contribution in [0.2, 0.25) is 5.02 Å². The first-order valence-corrected chi connectivity index (χ1v) is 7.81. The number of hydrazine groups is 1. The summed E-state index contributed by atoms with van der Waals surface area (Å²) in [6, 6.07) is 3.33. The molecule has 2 N–H and O–H groups in total. The van der Waals surface area contributed by atoms with Crippen LogP contribution in [0.25, 0.3) is 0 Å². The Morgan fingerprint density at radius 3 is 2.35 bits per heavy atom. The van der Waals surface area contributed by atoms with Gasteiger partial charge in [0.05, 0.1) is 11.6 Å². The minimum Gasteiger partial charge on any atom is -0.492 e. The summed E-state index contributed by atoms with van der Waals surface area (Å²) >= 11 is 8.27. The Labute approximate surface area is 128 Å². The number of ether oxygens (including phenoxy) is 1. The average molecular weight is 331 g/mol. The van der Waals surface area contributed by atoms with Crippen LogP contribution in [-0.2, 0) is 0 Å². The van der Waals surface area contributed by atoms with Gasteiger partial charge in [0.1, 0.15) is 15.5 Å². The van der Waals surface area contributed by atoms with Gasteiger partial charge in [-0.1, -0.05) is 11.6 Å². The maximum Gasteiger partial charge on any atom is 0.283 e. The van der Waals surface area contributed by atoms with Crippen LogP contribution in [0.1, 0.15) is 26.3 Å². The van der Waals surface area contributed by atoms with E-state index in [2.05, 4.69) is 10.9 Å². The third-order valence-electron chi connectivity index (χ3n) is 2.25. The van der Waals surface area contributed by atoms with Crippen molar-refractivity contribution in [2.24, 2.45) is 0 Å². The quantitative estimate of drug-likeness (QED) is 0.847. The van der Waals surface area contributed by atoms with Crippen LogP contribution in [0, 0.1) is 0 Å². The first-order valence-electron chi connectivity index (χ1n) is 5.67. The molecule has 0 radical (unpaired) electrons. The molecule has 2 amide bonds. The molecule has 5 nitrogen and oxygen atoms in total. The largest absolute Gasteiger partial charge is 0.492 e. The molecule has 0 aliphatic carbocycles. The van der Waals surface area contributed by atoms with E-state index in [1.165, 1.54) is 22.7 Å². The van der Waals surface area contributed by atoms with E-state index in [9.17, 15) is 9.59 Å². The van der Waals surface area contributed by atoms with E-state index < -0.39 is 11.8 Å². The van der Waals surface area contributed by atoms with Gasteiger partial charge in [0.2, 0.25) is 0 Å². The number of carbonyl (C=O) groups is 2. The fourth-order valence-electron chi connectivity index (χ4n) is 1.42. The van der Waals surface area contributed by atoms with Crippen molar-refractivity contribution in [1.82, 2.24) is 10.9 Å². The van der Waals surface area contributed by atoms with Gasteiger partial charge in [-0.15, -0.1) is 22.7 Å². The highest BCUT2D eigenvalue weighted by Gasteiger charge is 2.17. The highest BCUT2D eigenvalue weighted by atomic mass is 35.5. The Morgan fingerprint density at radius 1 is 1.15 bits per heavy atom. The van der Waals surface area contributed by atoms with Crippen LogP contribution in [0.5, 0.6) is 5.75 Å². The topological polar surface area (TPSA) is 67.4 Å². The molecule has 0 aliphatic rings. The van der Waals surface area contributed by atoms with Crippen molar-refractivity contribution in [2.75, 3.05) is 6.61 Å². The van der Waals surface area contributed by atoms with Gasteiger partial charge in [0.15, 0.2) is 0 Å². The van der Waals surface area contributed by atoms with Gasteiger partial charge < -0.3 is 4.74 Å². The SMILES string of the molecule is CCOc1ccsc1C(=O)NNC(=O)c1sccc1Cl. The zero-order chi connectivity index (χ0) is 14.5. The minimum atomic E-state index is -0.451. The molecule has 0 aromatic carbocycles. The Kier molecular flexibility index (Phi) is 4.99. The first kappa shape index (κ1) is 14.8. The molecule has 20 heavy (non-hydrogen) atoms. The Hall–Kier alpha value is -1.57. The summed E-state index contributed by atoms with van der Waals surface area (Å²) < 4.78 is 5.31. The highest BCUT2D eigenvalue weighted by molar-refractivity contribution is 7.13. The van der Waals surface area contributed by atoms with Crippen LogP contribution in [0.3, 0.4) is 0 Å². The third kappa shape index (κ3) is 3.30. The molecule has 0 bridgehead atoms. The first-order chi connectivity index (χ1) is 9.63. The predicted octanol–water partition coefficient (Wildman–Crippen LogP) is 2.94. The molecule has 2 aromatic rings. The van der Waals surface area contributed by atoms with Gasteiger partial charge in [-0.25, -0.2) is 0 Å². The summed E-state index contributed by atoms with van der Waals surface area (Å²) in [5.74, 6) is -0.379. The fraction of sp³-hybridized carbons (Fsp3) is 0.167. The van der Waals surface area contributed by atoms with E-state index in [1.54, 1.807) is 22.9 Å². The number of hydrogen-bond acceptors (Lipinski definition) is 5. The average Bonchev–Trinajstić information content (AvgIpc) is 3.05. The molecule has 2 aromatic heterocycles. The molecule has 0 aliphatic heterocycles. The van der Waals surface area contributed by atoms with Crippen molar-refractivity contribution in [3.05, 3.63) is 37.7 Å². The van der Waals surface area contributed by atoms with E-state index >= 15 is 0 Å². The summed E-state index contributed by atoms with van der Waals surface area (Å²) in [6.45, 7) is 2.30. The van der Waals surface area contributed by atoms with E-state index in [0.717, 1.165) is 0 Å². The van der Waals surface area contributed by atoms with Gasteiger partial charge in [-0.05, 0) is 29.8 Å². The summed E-state index contributed by atoms with van der Waals surface area (Å²) in [5, 5.41) is 3.80. The molecule has 0 saturated heterocycles. The molecule has 8 heteroatoms. The van der Waals surface area contributed by atoms with E-state index in [-0.39, 0.29) is 0 Å². The van der Waals surface area contributed by atoms with Crippen LogP contribution in [0.4, 0.5) is 0 Å². The van der Waals surface area contributed by atoms with E-state index in [1.807, 2.05) is 6.92 Å². The Balaban J connectivity index is 1.97. The number of amides is 2. The van der Waals surface area contributed by atoms with Gasteiger partial charge in [0, 0.05) is 0 Å². The van der Waals surface area contributed by atoms with E-state index in [0.29, 0.717) is 27.1 Å². The number of carbonyl (C=O) groups excluding carboxylic acids is 2. The second-order valence-electron chi connectivity index (χ2n) is 3.55. The lowest BCUT2D eigenvalue weighted by Crippen LogP contribution is -2.41. The second kappa shape index (κ2) is 6.74. The lowest BCUT2D eigenvalue weighted by atomic mass is 10.4. The Morgan fingerprint density at radius 2 is 1.75 bits per heavy atom. The molecule has 2 rings (SSSR count). The third-order valence-corrected chi connectivity index (χ3v) is 4.48. The van der Waals surface area contributed by atoms with Crippen molar-refractivity contribution in [3.63, 3.8) is 0 Å². The lowest BCUT2D eigenvalue weighted by Gasteiger charge is -2.07. The molecule has 0 unspecified atom stereocenters. The van der Waals surface area contributed by atoms with Gasteiger partial charge >= 0.3 is 0 Å². The number of thiophene rings is 2. The van der Waals surface area contributed by atoms with Crippen molar-refractivity contribution >= 4 is 46.1 Å². The predicted molar refractivity (Wildman–Crippen MR) is 79.7 cm³/mol. The molecule has 0 atom stereocenters. The zero-order valence-electron chi connectivity index (χ0n) is 10.4. The summed E-state index contributed by atoms with van der Waals surface area (Å²) in [7, 11) is 0. The lowest BCUT2D eigenvalue weighted by molar-refractivity contribution is 0.0849. The number of hydrogen-bond donors (Lipinski definition) is 2. The number of halogens is 1. The van der Waals surface area contributed by atoms with Gasteiger partial charge in [0.25, 0.3) is 11.8 Å². The fourth-order valence-corrected chi connectivity index (χ4v) is 3.18. The molecule has 0 fully saturated rings. The van der Waals surface area contributed by atoms with Gasteiger partial charge in [-0.3, -0.25) is 20.4 Å². The van der Waals surface area contributed by atoms with Crippen LogP contribution in [-0.4, -0.2) is 18.4 Å². The molecule has 106 valence electrons. The maximum absolute atomic E-state index is 11.9. The minimum absolute atomic E-state index is 0.350. The number of rotatable bonds is 4. The summed E-state index contributed by atoms with van der Waals surface area (Å²) in [6.07, 6.45) is 0. The monoisotopic (exact) mass is 330 g/mol. The smallest absolute Gasteiger partial charge is 0.283 e. The van der Waals surface area contributed by atoms with Crippen molar-refractivity contribution in [1.29, 1.82) is 0 Å². The standard InChI is InChI=1S/C12H11ClN2O3S2/c1-2-18-8-4-6-20-10(8)12(17)15-14-11(16)9-7(13)3-5-19-9/h3-6H,2H2,1H3,(H,14,16)(H,15,17). The van der Waals surface area contributed by atoms with Crippen LogP contribution in [0.15, 0.2) is 22.9 Å². The normalized spacial score (nSPS) is 10.1. The van der Waals surface area contributed by atoms with Crippen molar-refractivity contribution in [2.45, 2.75) is 6.92 Å². The van der Waals surface area contributed by atoms with Crippen molar-refractivity contribution in [3.8, 4) is 5.75 Å². The molecule has 0 saturated carbocycles. The summed E-state index contributed by atoms with van der Waals surface area (Å²) in [5.41, 5.74) is 4.66. The van der Waals surface area contributed by atoms with Crippen LogP contribution < -0.4 is 15.6 Å². The maximum atomic E-state index is 11.9. The molecular weight excluding hydrogens is 320 g/mol. The molecular formula is C12H11ClN2O3S2. The zero-order valence-corrected chi connectivity index (χ0v) is 12.8. The van der Waals surface area contributed by atoms with Crippen LogP contribution >= 0.6 is 34.3 Å². The second-order valence-corrected chi connectivity index (χ2v) is 5.79. The van der Waals surface area contributed by atoms with Gasteiger partial charge in [-0.2, -0.15) is 0 Å². The summed E-state index contributed by atoms with van der Waals surface area (Å²) in [4.78, 5) is 24.5. The molecule has 0 spiro atoms. The molecule has 2 heterocycles. The van der Waals surface area contributed by atoms with Crippen molar-refractivity contribution < 1.29 is 14.3 Å². The highest BCUT2D eigenvalue weighted by Crippen LogP contribution is 2.24. The van der Waals surface area contributed by atoms with E-state index in [4.69, 9.17) is 16.3 Å². The Bertz CT molecular complexity index is 624. The number of nitrogens with one attached hydrogen (secondary N) is 2.